The highest BCUT2D eigenvalue weighted by molar-refractivity contribution is 5.75. The van der Waals surface area contributed by atoms with E-state index in [2.05, 4.69) is 22.2 Å². The minimum Gasteiger partial charge on any atom is -0.480 e. The number of carbonyl (C=O) groups is 1. The predicted octanol–water partition coefficient (Wildman–Crippen LogP) is 1.31. The molecule has 0 spiro atoms. The molecule has 0 fully saturated rings. The van der Waals surface area contributed by atoms with Gasteiger partial charge < -0.3 is 10.4 Å². The molecular weight excluding hydrogens is 194 g/mol. The molecule has 0 radical (unpaired) electrons. The lowest BCUT2D eigenvalue weighted by molar-refractivity contribution is -0.137. The summed E-state index contributed by atoms with van der Waals surface area (Å²) in [5, 5.41) is 11.4. The van der Waals surface area contributed by atoms with Crippen molar-refractivity contribution in [2.45, 2.75) is 32.7 Å². The van der Waals surface area contributed by atoms with Crippen LogP contribution in [0.1, 0.15) is 25.8 Å². The number of carboxylic acid groups (broad SMARTS) is 1. The Morgan fingerprint density at radius 2 is 2.13 bits per heavy atom. The maximum atomic E-state index is 10.6. The highest BCUT2D eigenvalue weighted by Gasteiger charge is 2.10. The molecule has 0 aliphatic heterocycles. The van der Waals surface area contributed by atoms with E-state index in [-0.39, 0.29) is 0 Å². The topological polar surface area (TPSA) is 75.1 Å². The molecule has 0 bridgehead atoms. The van der Waals surface area contributed by atoms with Crippen molar-refractivity contribution in [3.63, 3.8) is 0 Å². The van der Waals surface area contributed by atoms with Gasteiger partial charge in [0.05, 0.1) is 0 Å². The van der Waals surface area contributed by atoms with Crippen LogP contribution in [0.4, 0.5) is 5.95 Å². The van der Waals surface area contributed by atoms with E-state index < -0.39 is 12.0 Å². The van der Waals surface area contributed by atoms with Gasteiger partial charge in [-0.25, -0.2) is 9.97 Å². The SMILES string of the molecule is CCCc1cnc(NC(C)C(=O)O)nc1. The molecule has 5 heteroatoms. The molecule has 0 aromatic carbocycles. The van der Waals surface area contributed by atoms with Gasteiger partial charge in [0.15, 0.2) is 0 Å². The summed E-state index contributed by atoms with van der Waals surface area (Å²) in [5.41, 5.74) is 1.06. The first-order chi connectivity index (χ1) is 7.13. The first-order valence-electron chi connectivity index (χ1n) is 4.93. The number of rotatable bonds is 5. The molecule has 82 valence electrons. The first kappa shape index (κ1) is 11.4. The largest absolute Gasteiger partial charge is 0.480 e. The number of nitrogens with one attached hydrogen (secondary N) is 1. The number of aliphatic carboxylic acids is 1. The van der Waals surface area contributed by atoms with Gasteiger partial charge >= 0.3 is 5.97 Å². The van der Waals surface area contributed by atoms with Crippen LogP contribution in [0.3, 0.4) is 0 Å². The number of anilines is 1. The summed E-state index contributed by atoms with van der Waals surface area (Å²) < 4.78 is 0. The van der Waals surface area contributed by atoms with Crippen LogP contribution in [0, 0.1) is 0 Å². The minimum absolute atomic E-state index is 0.352. The molecule has 1 aromatic heterocycles. The maximum Gasteiger partial charge on any atom is 0.325 e. The van der Waals surface area contributed by atoms with Crippen molar-refractivity contribution in [2.75, 3.05) is 5.32 Å². The molecule has 0 amide bonds. The summed E-state index contributed by atoms with van der Waals surface area (Å²) in [6.45, 7) is 3.63. The monoisotopic (exact) mass is 209 g/mol. The van der Waals surface area contributed by atoms with Gasteiger partial charge in [-0.2, -0.15) is 0 Å². The van der Waals surface area contributed by atoms with E-state index in [1.807, 2.05) is 0 Å². The summed E-state index contributed by atoms with van der Waals surface area (Å²) in [4.78, 5) is 18.6. The van der Waals surface area contributed by atoms with Crippen molar-refractivity contribution < 1.29 is 9.90 Å². The highest BCUT2D eigenvalue weighted by atomic mass is 16.4. The molecule has 0 saturated carbocycles. The van der Waals surface area contributed by atoms with Crippen LogP contribution < -0.4 is 5.32 Å². The normalized spacial score (nSPS) is 12.1. The van der Waals surface area contributed by atoms with Crippen LogP contribution >= 0.6 is 0 Å². The second-order valence-electron chi connectivity index (χ2n) is 3.37. The lowest BCUT2D eigenvalue weighted by atomic mass is 10.2. The van der Waals surface area contributed by atoms with Crippen molar-refractivity contribution in [1.29, 1.82) is 0 Å². The Morgan fingerprint density at radius 3 is 2.60 bits per heavy atom. The van der Waals surface area contributed by atoms with Crippen LogP contribution in [-0.2, 0) is 11.2 Å². The number of hydrogen-bond acceptors (Lipinski definition) is 4. The summed E-state index contributed by atoms with van der Waals surface area (Å²) in [7, 11) is 0. The molecule has 0 aliphatic carbocycles. The molecule has 1 heterocycles. The van der Waals surface area contributed by atoms with E-state index in [1.165, 1.54) is 0 Å². The van der Waals surface area contributed by atoms with E-state index in [0.717, 1.165) is 18.4 Å². The number of carboxylic acids is 1. The van der Waals surface area contributed by atoms with Gasteiger partial charge in [0.2, 0.25) is 5.95 Å². The molecule has 15 heavy (non-hydrogen) atoms. The van der Waals surface area contributed by atoms with Crippen LogP contribution in [0.25, 0.3) is 0 Å². The molecule has 1 atom stereocenters. The van der Waals surface area contributed by atoms with E-state index >= 15 is 0 Å². The third-order valence-corrected chi connectivity index (χ3v) is 1.96. The molecule has 0 aliphatic rings. The Hall–Kier alpha value is -1.65. The Kier molecular flexibility index (Phi) is 4.03. The molecular formula is C10H15N3O2. The van der Waals surface area contributed by atoms with Gasteiger partial charge in [0.1, 0.15) is 6.04 Å². The van der Waals surface area contributed by atoms with Gasteiger partial charge in [-0.3, -0.25) is 4.79 Å². The van der Waals surface area contributed by atoms with Crippen molar-refractivity contribution in [3.8, 4) is 0 Å². The fraction of sp³-hybridized carbons (Fsp3) is 0.500. The van der Waals surface area contributed by atoms with Crippen LogP contribution in [0.2, 0.25) is 0 Å². The zero-order valence-corrected chi connectivity index (χ0v) is 8.90. The van der Waals surface area contributed by atoms with Gasteiger partial charge in [-0.15, -0.1) is 0 Å². The van der Waals surface area contributed by atoms with Crippen LogP contribution in [-0.4, -0.2) is 27.1 Å². The summed E-state index contributed by atoms with van der Waals surface area (Å²) in [6.07, 6.45) is 5.41. The second-order valence-corrected chi connectivity index (χ2v) is 3.37. The summed E-state index contributed by atoms with van der Waals surface area (Å²) in [5.74, 6) is -0.569. The molecule has 5 nitrogen and oxygen atoms in total. The lowest BCUT2D eigenvalue weighted by Gasteiger charge is -2.08. The standard InChI is InChI=1S/C10H15N3O2/c1-3-4-8-5-11-10(12-6-8)13-7(2)9(14)15/h5-7H,3-4H2,1-2H3,(H,14,15)(H,11,12,13). The molecule has 0 saturated heterocycles. The first-order valence-corrected chi connectivity index (χ1v) is 4.93. The van der Waals surface area contributed by atoms with E-state index in [0.29, 0.717) is 5.95 Å². The number of hydrogen-bond donors (Lipinski definition) is 2. The summed E-state index contributed by atoms with van der Waals surface area (Å²) in [6, 6.07) is -0.679. The Labute approximate surface area is 88.6 Å². The van der Waals surface area contributed by atoms with Gasteiger partial charge in [-0.1, -0.05) is 13.3 Å². The fourth-order valence-corrected chi connectivity index (χ4v) is 1.10. The molecule has 2 N–H and O–H groups in total. The second kappa shape index (κ2) is 5.29. The molecule has 1 rings (SSSR count). The van der Waals surface area contributed by atoms with Gasteiger partial charge in [0.25, 0.3) is 0 Å². The van der Waals surface area contributed by atoms with Crippen molar-refractivity contribution >= 4 is 11.9 Å². The summed E-state index contributed by atoms with van der Waals surface area (Å²) >= 11 is 0. The third-order valence-electron chi connectivity index (χ3n) is 1.96. The lowest BCUT2D eigenvalue weighted by Crippen LogP contribution is -2.26. The predicted molar refractivity (Wildman–Crippen MR) is 56.7 cm³/mol. The quantitative estimate of drug-likeness (QED) is 0.764. The number of nitrogens with zero attached hydrogens (tertiary/aromatic N) is 2. The van der Waals surface area contributed by atoms with Crippen LogP contribution in [0.5, 0.6) is 0 Å². The number of aryl methyl sites for hydroxylation is 1. The minimum atomic E-state index is -0.920. The molecule has 1 aromatic rings. The third kappa shape index (κ3) is 3.53. The van der Waals surface area contributed by atoms with E-state index in [1.54, 1.807) is 19.3 Å². The van der Waals surface area contributed by atoms with Crippen LogP contribution in [0.15, 0.2) is 12.4 Å². The van der Waals surface area contributed by atoms with Crippen molar-refractivity contribution in [3.05, 3.63) is 18.0 Å². The smallest absolute Gasteiger partial charge is 0.325 e. The Balaban J connectivity index is 2.60. The zero-order chi connectivity index (χ0) is 11.3. The maximum absolute atomic E-state index is 10.6. The number of aromatic nitrogens is 2. The van der Waals surface area contributed by atoms with Gasteiger partial charge in [-0.05, 0) is 18.9 Å². The average molecular weight is 209 g/mol. The van der Waals surface area contributed by atoms with E-state index in [9.17, 15) is 4.79 Å². The van der Waals surface area contributed by atoms with E-state index in [4.69, 9.17) is 5.11 Å². The van der Waals surface area contributed by atoms with Gasteiger partial charge in [0, 0.05) is 12.4 Å². The highest BCUT2D eigenvalue weighted by Crippen LogP contribution is 2.04. The fourth-order valence-electron chi connectivity index (χ4n) is 1.10. The van der Waals surface area contributed by atoms with Crippen molar-refractivity contribution in [2.24, 2.45) is 0 Å². The average Bonchev–Trinajstić information content (AvgIpc) is 2.21. The zero-order valence-electron chi connectivity index (χ0n) is 8.90. The Bertz CT molecular complexity index is 324. The molecule has 1 unspecified atom stereocenters. The Morgan fingerprint density at radius 1 is 1.53 bits per heavy atom. The van der Waals surface area contributed by atoms with Crippen molar-refractivity contribution in [1.82, 2.24) is 9.97 Å².